The molecule has 0 spiro atoms. The molecular weight excluding hydrogens is 400 g/mol. The second-order valence-corrected chi connectivity index (χ2v) is 9.50. The lowest BCUT2D eigenvalue weighted by Crippen LogP contribution is -2.37. The maximum absolute atomic E-state index is 13.1. The lowest BCUT2D eigenvalue weighted by molar-refractivity contribution is 0.0713. The topological polar surface area (TPSA) is 33.2 Å². The maximum Gasteiger partial charge on any atom is 0.253 e. The zero-order valence-electron chi connectivity index (χ0n) is 18.0. The fourth-order valence-corrected chi connectivity index (χ4v) is 5.71. The van der Waals surface area contributed by atoms with E-state index in [2.05, 4.69) is 50.2 Å². The molecule has 1 fully saturated rings. The molecule has 31 heavy (non-hydrogen) atoms. The van der Waals surface area contributed by atoms with Crippen LogP contribution in [0.5, 0.6) is 0 Å². The standard InChI is InChI=1S/C27H26N2OS/c1-18-6-5-9-23(16-18)25-19(2)28-26(31-25)21-12-14-29(15-13-21)27(30)24-11-10-20-7-3-4-8-22(20)17-24/h3-11,16-17,21H,12-15H2,1-2H3. The van der Waals surface area contributed by atoms with E-state index in [4.69, 9.17) is 4.98 Å². The third-order valence-corrected chi connectivity index (χ3v) is 7.59. The number of aromatic nitrogens is 1. The van der Waals surface area contributed by atoms with Crippen LogP contribution in [0.25, 0.3) is 21.2 Å². The minimum atomic E-state index is 0.139. The van der Waals surface area contributed by atoms with Gasteiger partial charge >= 0.3 is 0 Å². The highest BCUT2D eigenvalue weighted by Crippen LogP contribution is 2.37. The smallest absolute Gasteiger partial charge is 0.253 e. The summed E-state index contributed by atoms with van der Waals surface area (Å²) in [6.45, 7) is 5.81. The molecule has 1 saturated heterocycles. The molecule has 3 aromatic carbocycles. The quantitative estimate of drug-likeness (QED) is 0.370. The molecule has 0 aliphatic carbocycles. The van der Waals surface area contributed by atoms with Gasteiger partial charge in [-0.3, -0.25) is 4.79 Å². The number of likely N-dealkylation sites (tertiary alicyclic amines) is 1. The zero-order chi connectivity index (χ0) is 21.4. The van der Waals surface area contributed by atoms with Crippen LogP contribution in [0.1, 0.15) is 45.4 Å². The third kappa shape index (κ3) is 4.00. The first-order valence-corrected chi connectivity index (χ1v) is 11.7. The molecule has 0 radical (unpaired) electrons. The lowest BCUT2D eigenvalue weighted by Gasteiger charge is -2.31. The summed E-state index contributed by atoms with van der Waals surface area (Å²) in [4.78, 5) is 21.3. The van der Waals surface area contributed by atoms with Crippen LogP contribution < -0.4 is 0 Å². The number of carbonyl (C=O) groups is 1. The van der Waals surface area contributed by atoms with Gasteiger partial charge in [0.15, 0.2) is 0 Å². The van der Waals surface area contributed by atoms with Crippen molar-refractivity contribution in [1.82, 2.24) is 9.88 Å². The van der Waals surface area contributed by atoms with E-state index in [1.807, 2.05) is 46.6 Å². The highest BCUT2D eigenvalue weighted by Gasteiger charge is 2.27. The van der Waals surface area contributed by atoms with Crippen molar-refractivity contribution >= 4 is 28.0 Å². The van der Waals surface area contributed by atoms with Gasteiger partial charge in [0, 0.05) is 24.6 Å². The Bertz CT molecular complexity index is 1250. The summed E-state index contributed by atoms with van der Waals surface area (Å²) in [5, 5.41) is 3.50. The third-order valence-electron chi connectivity index (χ3n) is 6.22. The molecule has 156 valence electrons. The molecule has 0 unspecified atom stereocenters. The van der Waals surface area contributed by atoms with Crippen LogP contribution in [0.15, 0.2) is 66.7 Å². The zero-order valence-corrected chi connectivity index (χ0v) is 18.8. The summed E-state index contributed by atoms with van der Waals surface area (Å²) < 4.78 is 0. The van der Waals surface area contributed by atoms with Crippen LogP contribution >= 0.6 is 11.3 Å². The Kier molecular flexibility index (Phi) is 5.33. The van der Waals surface area contributed by atoms with E-state index >= 15 is 0 Å². The lowest BCUT2D eigenvalue weighted by atomic mass is 9.96. The second kappa shape index (κ2) is 8.27. The minimum absolute atomic E-state index is 0.139. The molecule has 1 aromatic heterocycles. The number of benzene rings is 3. The first kappa shape index (κ1) is 20.0. The van der Waals surface area contributed by atoms with Crippen LogP contribution in [0.2, 0.25) is 0 Å². The Labute approximate surface area is 187 Å². The normalized spacial score (nSPS) is 14.8. The van der Waals surface area contributed by atoms with Gasteiger partial charge in [-0.15, -0.1) is 11.3 Å². The fraction of sp³-hybridized carbons (Fsp3) is 0.259. The molecule has 1 amide bonds. The summed E-state index contributed by atoms with van der Waals surface area (Å²) in [5.74, 6) is 0.572. The van der Waals surface area contributed by atoms with Crippen molar-refractivity contribution in [3.8, 4) is 10.4 Å². The van der Waals surface area contributed by atoms with Gasteiger partial charge in [0.05, 0.1) is 15.6 Å². The summed E-state index contributed by atoms with van der Waals surface area (Å²) >= 11 is 1.82. The Morgan fingerprint density at radius 3 is 2.48 bits per heavy atom. The Balaban J connectivity index is 1.29. The summed E-state index contributed by atoms with van der Waals surface area (Å²) in [5.41, 5.74) is 4.42. The number of aryl methyl sites for hydroxylation is 2. The van der Waals surface area contributed by atoms with Gasteiger partial charge < -0.3 is 4.90 Å². The van der Waals surface area contributed by atoms with Gasteiger partial charge in [-0.25, -0.2) is 4.98 Å². The number of fused-ring (bicyclic) bond motifs is 1. The molecule has 0 N–H and O–H groups in total. The molecule has 1 aliphatic rings. The molecule has 4 heteroatoms. The molecule has 0 atom stereocenters. The second-order valence-electron chi connectivity index (χ2n) is 8.46. The molecule has 2 heterocycles. The first-order valence-electron chi connectivity index (χ1n) is 10.9. The minimum Gasteiger partial charge on any atom is -0.339 e. The van der Waals surface area contributed by atoms with E-state index < -0.39 is 0 Å². The van der Waals surface area contributed by atoms with Gasteiger partial charge in [0.2, 0.25) is 0 Å². The number of amides is 1. The highest BCUT2D eigenvalue weighted by atomic mass is 32.1. The van der Waals surface area contributed by atoms with Gasteiger partial charge in [-0.1, -0.05) is 60.2 Å². The molecule has 0 saturated carbocycles. The van der Waals surface area contributed by atoms with E-state index in [1.54, 1.807) is 0 Å². The van der Waals surface area contributed by atoms with E-state index in [9.17, 15) is 4.79 Å². The highest BCUT2D eigenvalue weighted by molar-refractivity contribution is 7.15. The summed E-state index contributed by atoms with van der Waals surface area (Å²) in [6, 6.07) is 22.8. The van der Waals surface area contributed by atoms with Crippen molar-refractivity contribution in [1.29, 1.82) is 0 Å². The van der Waals surface area contributed by atoms with Crippen LogP contribution in [0.4, 0.5) is 0 Å². The summed E-state index contributed by atoms with van der Waals surface area (Å²) in [7, 11) is 0. The molecule has 4 aromatic rings. The fourth-order valence-electron chi connectivity index (χ4n) is 4.48. The Morgan fingerprint density at radius 1 is 0.935 bits per heavy atom. The first-order chi connectivity index (χ1) is 15.1. The molecule has 3 nitrogen and oxygen atoms in total. The number of hydrogen-bond donors (Lipinski definition) is 0. The number of piperidine rings is 1. The van der Waals surface area contributed by atoms with Crippen molar-refractivity contribution in [3.05, 3.63) is 88.6 Å². The van der Waals surface area contributed by atoms with Gasteiger partial charge in [0.1, 0.15) is 0 Å². The van der Waals surface area contributed by atoms with E-state index in [1.165, 1.54) is 26.4 Å². The Hall–Kier alpha value is -2.98. The van der Waals surface area contributed by atoms with Gasteiger partial charge in [-0.2, -0.15) is 0 Å². The largest absolute Gasteiger partial charge is 0.339 e. The van der Waals surface area contributed by atoms with E-state index in [-0.39, 0.29) is 5.91 Å². The molecule has 5 rings (SSSR count). The Morgan fingerprint density at radius 2 is 1.71 bits per heavy atom. The number of hydrogen-bond acceptors (Lipinski definition) is 3. The van der Waals surface area contributed by atoms with E-state index in [0.717, 1.165) is 42.6 Å². The number of nitrogens with zero attached hydrogens (tertiary/aromatic N) is 2. The van der Waals surface area contributed by atoms with Crippen molar-refractivity contribution in [2.24, 2.45) is 0 Å². The molecular formula is C27H26N2OS. The van der Waals surface area contributed by atoms with Gasteiger partial charge in [-0.05, 0) is 55.2 Å². The van der Waals surface area contributed by atoms with Crippen molar-refractivity contribution < 1.29 is 4.79 Å². The van der Waals surface area contributed by atoms with Crippen molar-refractivity contribution in [2.75, 3.05) is 13.1 Å². The average Bonchev–Trinajstić information content (AvgIpc) is 3.20. The average molecular weight is 427 g/mol. The monoisotopic (exact) mass is 426 g/mol. The molecule has 1 aliphatic heterocycles. The number of rotatable bonds is 3. The number of carbonyl (C=O) groups excluding carboxylic acids is 1. The van der Waals surface area contributed by atoms with Crippen LogP contribution in [-0.4, -0.2) is 28.9 Å². The van der Waals surface area contributed by atoms with Crippen molar-refractivity contribution in [2.45, 2.75) is 32.6 Å². The van der Waals surface area contributed by atoms with Crippen LogP contribution in [-0.2, 0) is 0 Å². The van der Waals surface area contributed by atoms with Crippen LogP contribution in [0.3, 0.4) is 0 Å². The SMILES string of the molecule is Cc1cccc(-c2sc(C3CCN(C(=O)c4ccc5ccccc5c4)CC3)nc2C)c1. The van der Waals surface area contributed by atoms with Crippen LogP contribution in [0, 0.1) is 13.8 Å². The maximum atomic E-state index is 13.1. The van der Waals surface area contributed by atoms with E-state index in [0.29, 0.717) is 5.92 Å². The molecule has 0 bridgehead atoms. The van der Waals surface area contributed by atoms with Gasteiger partial charge in [0.25, 0.3) is 5.91 Å². The summed E-state index contributed by atoms with van der Waals surface area (Å²) in [6.07, 6.45) is 1.94. The predicted molar refractivity (Wildman–Crippen MR) is 129 cm³/mol. The van der Waals surface area contributed by atoms with Crippen molar-refractivity contribution in [3.63, 3.8) is 0 Å². The number of thiazole rings is 1. The predicted octanol–water partition coefficient (Wildman–Crippen LogP) is 6.60.